The quantitative estimate of drug-likeness (QED) is 0.755. The number of nitrogens with zero attached hydrogens (tertiary/aromatic N) is 2. The van der Waals surface area contributed by atoms with Crippen molar-refractivity contribution in [2.24, 2.45) is 0 Å². The van der Waals surface area contributed by atoms with Crippen LogP contribution in [0.3, 0.4) is 0 Å². The van der Waals surface area contributed by atoms with Crippen molar-refractivity contribution < 1.29 is 8.42 Å². The Balaban J connectivity index is 1.77. The molecular weight excluding hydrogens is 358 g/mol. The molecule has 5 nitrogen and oxygen atoms in total. The highest BCUT2D eigenvalue weighted by molar-refractivity contribution is 7.91. The maximum atomic E-state index is 12.9. The van der Waals surface area contributed by atoms with Gasteiger partial charge in [0, 0.05) is 36.8 Å². The third-order valence-corrected chi connectivity index (χ3v) is 6.68. The van der Waals surface area contributed by atoms with E-state index in [1.54, 1.807) is 36.4 Å². The molecule has 0 spiro atoms. The Hall–Kier alpha value is -2.44. The number of piperazine rings is 1. The van der Waals surface area contributed by atoms with Gasteiger partial charge in [-0.2, -0.15) is 0 Å². The van der Waals surface area contributed by atoms with Crippen LogP contribution in [0.15, 0.2) is 70.6 Å². The minimum absolute atomic E-state index is 0.0248. The number of sulfone groups is 1. The molecule has 1 N–H and O–H groups in total. The molecule has 1 aliphatic rings. The first-order valence-electron chi connectivity index (χ1n) is 9.06. The molecule has 0 aliphatic carbocycles. The van der Waals surface area contributed by atoms with E-state index in [0.717, 1.165) is 36.2 Å². The van der Waals surface area contributed by atoms with Crippen LogP contribution in [0.4, 0.5) is 5.69 Å². The van der Waals surface area contributed by atoms with E-state index in [9.17, 15) is 8.42 Å². The van der Waals surface area contributed by atoms with Gasteiger partial charge < -0.3 is 10.2 Å². The summed E-state index contributed by atoms with van der Waals surface area (Å²) in [4.78, 5) is 7.38. The fraction of sp³-hybridized carbons (Fsp3) is 0.286. The van der Waals surface area contributed by atoms with Crippen LogP contribution in [-0.2, 0) is 9.84 Å². The molecule has 140 valence electrons. The second-order valence-corrected chi connectivity index (χ2v) is 9.52. The van der Waals surface area contributed by atoms with Gasteiger partial charge in [-0.3, -0.25) is 4.98 Å². The van der Waals surface area contributed by atoms with Crippen molar-refractivity contribution in [1.82, 2.24) is 10.3 Å². The zero-order valence-corrected chi connectivity index (χ0v) is 16.3. The van der Waals surface area contributed by atoms with Crippen molar-refractivity contribution in [3.63, 3.8) is 0 Å². The molecule has 0 atom stereocenters. The van der Waals surface area contributed by atoms with Gasteiger partial charge in [-0.25, -0.2) is 8.42 Å². The predicted molar refractivity (Wildman–Crippen MR) is 108 cm³/mol. The number of pyridine rings is 1. The van der Waals surface area contributed by atoms with Gasteiger partial charge in [0.1, 0.15) is 0 Å². The Morgan fingerprint density at radius 2 is 1.81 bits per heavy atom. The van der Waals surface area contributed by atoms with Crippen LogP contribution in [0.25, 0.3) is 10.9 Å². The largest absolute Gasteiger partial charge is 0.367 e. The summed E-state index contributed by atoms with van der Waals surface area (Å²) in [6.07, 6.45) is 1.47. The van der Waals surface area contributed by atoms with Gasteiger partial charge in [0.05, 0.1) is 21.0 Å². The minimum atomic E-state index is -3.57. The lowest BCUT2D eigenvalue weighted by Crippen LogP contribution is -2.57. The van der Waals surface area contributed by atoms with Crippen LogP contribution in [0, 0.1) is 0 Å². The number of benzene rings is 2. The van der Waals surface area contributed by atoms with Gasteiger partial charge in [0.15, 0.2) is 0 Å². The van der Waals surface area contributed by atoms with E-state index in [2.05, 4.69) is 35.1 Å². The summed E-state index contributed by atoms with van der Waals surface area (Å²) in [5, 5.41) is 4.35. The van der Waals surface area contributed by atoms with E-state index in [0.29, 0.717) is 0 Å². The van der Waals surface area contributed by atoms with E-state index in [1.807, 2.05) is 12.1 Å². The van der Waals surface area contributed by atoms with E-state index in [4.69, 9.17) is 0 Å². The van der Waals surface area contributed by atoms with Crippen molar-refractivity contribution in [2.75, 3.05) is 24.5 Å². The summed E-state index contributed by atoms with van der Waals surface area (Å²) in [5.74, 6) is 0. The molecule has 2 aromatic carbocycles. The summed E-state index contributed by atoms with van der Waals surface area (Å²) in [5.41, 5.74) is 1.91. The summed E-state index contributed by atoms with van der Waals surface area (Å²) >= 11 is 0. The number of nitrogens with one attached hydrogen (secondary N) is 1. The Morgan fingerprint density at radius 1 is 1.04 bits per heavy atom. The highest BCUT2D eigenvalue weighted by Gasteiger charge is 2.27. The molecule has 0 unspecified atom stereocenters. The maximum Gasteiger partial charge on any atom is 0.208 e. The normalized spacial score (nSPS) is 17.2. The fourth-order valence-corrected chi connectivity index (χ4v) is 4.87. The van der Waals surface area contributed by atoms with Crippen molar-refractivity contribution in [2.45, 2.75) is 29.2 Å². The van der Waals surface area contributed by atoms with Crippen molar-refractivity contribution in [3.8, 4) is 0 Å². The number of anilines is 1. The lowest BCUT2D eigenvalue weighted by atomic mass is 10.0. The molecule has 0 bridgehead atoms. The van der Waals surface area contributed by atoms with Crippen molar-refractivity contribution in [3.05, 3.63) is 60.8 Å². The first kappa shape index (κ1) is 17.9. The third-order valence-electron chi connectivity index (χ3n) is 4.94. The van der Waals surface area contributed by atoms with E-state index in [1.165, 1.54) is 6.20 Å². The first-order valence-corrected chi connectivity index (χ1v) is 10.5. The van der Waals surface area contributed by atoms with Gasteiger partial charge in [0.25, 0.3) is 0 Å². The van der Waals surface area contributed by atoms with Crippen LogP contribution in [0.2, 0.25) is 0 Å². The molecule has 1 aromatic heterocycles. The number of para-hydroxylation sites is 1. The van der Waals surface area contributed by atoms with Crippen LogP contribution < -0.4 is 10.2 Å². The zero-order valence-electron chi connectivity index (χ0n) is 15.5. The first-order chi connectivity index (χ1) is 12.9. The predicted octanol–water partition coefficient (Wildman–Crippen LogP) is 3.26. The lowest BCUT2D eigenvalue weighted by molar-refractivity contribution is 0.353. The average Bonchev–Trinajstić information content (AvgIpc) is 2.67. The Morgan fingerprint density at radius 3 is 2.56 bits per heavy atom. The molecular formula is C21H23N3O2S. The van der Waals surface area contributed by atoms with Gasteiger partial charge in [-0.05, 0) is 38.1 Å². The Kier molecular flexibility index (Phi) is 4.40. The fourth-order valence-electron chi connectivity index (χ4n) is 3.61. The average molecular weight is 382 g/mol. The van der Waals surface area contributed by atoms with Crippen LogP contribution in [-0.4, -0.2) is 38.6 Å². The second kappa shape index (κ2) is 6.62. The number of rotatable bonds is 3. The standard InChI is InChI=1S/C21H23N3O2S/c1-21(2)15-24(12-11-23-21)19-10-6-7-16-13-18(14-22-20(16)19)27(25,26)17-8-4-3-5-9-17/h3-10,13-14,23H,11-12,15H2,1-2H3. The molecule has 4 rings (SSSR count). The number of hydrogen-bond donors (Lipinski definition) is 1. The monoisotopic (exact) mass is 381 g/mol. The van der Waals surface area contributed by atoms with Crippen molar-refractivity contribution in [1.29, 1.82) is 0 Å². The molecule has 1 fully saturated rings. The van der Waals surface area contributed by atoms with E-state index < -0.39 is 9.84 Å². The second-order valence-electron chi connectivity index (χ2n) is 7.57. The highest BCUT2D eigenvalue weighted by atomic mass is 32.2. The molecule has 0 radical (unpaired) electrons. The number of hydrogen-bond acceptors (Lipinski definition) is 5. The number of fused-ring (bicyclic) bond motifs is 1. The molecule has 1 saturated heterocycles. The topological polar surface area (TPSA) is 62.3 Å². The third kappa shape index (κ3) is 3.42. The molecule has 27 heavy (non-hydrogen) atoms. The van der Waals surface area contributed by atoms with Crippen molar-refractivity contribution >= 4 is 26.4 Å². The van der Waals surface area contributed by atoms with Gasteiger partial charge in [-0.1, -0.05) is 30.3 Å². The SMILES string of the molecule is CC1(C)CN(c2cccc3cc(S(=O)(=O)c4ccccc4)cnc23)CCN1. The van der Waals surface area contributed by atoms with Gasteiger partial charge >= 0.3 is 0 Å². The highest BCUT2D eigenvalue weighted by Crippen LogP contribution is 2.30. The summed E-state index contributed by atoms with van der Waals surface area (Å²) < 4.78 is 25.8. The van der Waals surface area contributed by atoms with Gasteiger partial charge in [0.2, 0.25) is 9.84 Å². The molecule has 0 amide bonds. The van der Waals surface area contributed by atoms with Crippen LogP contribution in [0.1, 0.15) is 13.8 Å². The summed E-state index contributed by atoms with van der Waals surface area (Å²) in [6.45, 7) is 7.04. The maximum absolute atomic E-state index is 12.9. The summed E-state index contributed by atoms with van der Waals surface area (Å²) in [6, 6.07) is 16.1. The molecule has 6 heteroatoms. The lowest BCUT2D eigenvalue weighted by Gasteiger charge is -2.40. The van der Waals surface area contributed by atoms with Gasteiger partial charge in [-0.15, -0.1) is 0 Å². The minimum Gasteiger partial charge on any atom is -0.367 e. The Bertz CT molecular complexity index is 1080. The van der Waals surface area contributed by atoms with Crippen LogP contribution in [0.5, 0.6) is 0 Å². The molecule has 3 aromatic rings. The molecule has 2 heterocycles. The van der Waals surface area contributed by atoms with Crippen LogP contribution >= 0.6 is 0 Å². The van der Waals surface area contributed by atoms with E-state index in [-0.39, 0.29) is 15.3 Å². The summed E-state index contributed by atoms with van der Waals surface area (Å²) in [7, 11) is -3.57. The smallest absolute Gasteiger partial charge is 0.208 e. The van der Waals surface area contributed by atoms with E-state index >= 15 is 0 Å². The molecule has 0 saturated carbocycles. The number of aromatic nitrogens is 1. The Labute approximate surface area is 160 Å². The molecule has 1 aliphatic heterocycles. The zero-order chi connectivity index (χ0) is 19.1.